The van der Waals surface area contributed by atoms with Crippen LogP contribution in [0.15, 0.2) is 48.5 Å². The third kappa shape index (κ3) is 7.09. The van der Waals surface area contributed by atoms with Crippen molar-refractivity contribution in [3.05, 3.63) is 64.7 Å². The summed E-state index contributed by atoms with van der Waals surface area (Å²) in [6, 6.07) is 14.2. The van der Waals surface area contributed by atoms with Gasteiger partial charge in [0, 0.05) is 18.1 Å². The molecule has 0 saturated heterocycles. The number of nitrogens with one attached hydrogen (secondary N) is 1. The maximum atomic E-state index is 13.0. The van der Waals surface area contributed by atoms with Crippen molar-refractivity contribution in [2.24, 2.45) is 5.92 Å². The number of amides is 2. The van der Waals surface area contributed by atoms with Crippen molar-refractivity contribution in [2.45, 2.75) is 40.3 Å². The van der Waals surface area contributed by atoms with Crippen molar-refractivity contribution in [3.63, 3.8) is 0 Å². The summed E-state index contributed by atoms with van der Waals surface area (Å²) in [7, 11) is 0. The molecule has 6 heteroatoms. The van der Waals surface area contributed by atoms with Crippen molar-refractivity contribution in [1.29, 1.82) is 0 Å². The summed E-state index contributed by atoms with van der Waals surface area (Å²) in [5, 5.41) is 3.45. The Kier molecular flexibility index (Phi) is 8.52. The van der Waals surface area contributed by atoms with Gasteiger partial charge in [-0.3, -0.25) is 9.59 Å². The van der Waals surface area contributed by atoms with E-state index < -0.39 is 6.04 Å². The summed E-state index contributed by atoms with van der Waals surface area (Å²) in [6.07, 6.45) is 0. The minimum absolute atomic E-state index is 0.157. The van der Waals surface area contributed by atoms with Crippen molar-refractivity contribution in [1.82, 2.24) is 10.2 Å². The van der Waals surface area contributed by atoms with Crippen LogP contribution in [0.3, 0.4) is 0 Å². The third-order valence-corrected chi connectivity index (χ3v) is 4.87. The second-order valence-electron chi connectivity index (χ2n) is 7.53. The minimum atomic E-state index is -0.654. The smallest absolute Gasteiger partial charge is 0.261 e. The average molecular weight is 417 g/mol. The van der Waals surface area contributed by atoms with Crippen molar-refractivity contribution in [3.8, 4) is 5.75 Å². The highest BCUT2D eigenvalue weighted by Gasteiger charge is 2.27. The van der Waals surface area contributed by atoms with Crippen LogP contribution in [0, 0.1) is 12.8 Å². The molecule has 1 atom stereocenters. The molecule has 2 rings (SSSR count). The molecule has 0 aliphatic heterocycles. The van der Waals surface area contributed by atoms with Crippen LogP contribution in [-0.4, -0.2) is 35.9 Å². The minimum Gasteiger partial charge on any atom is -0.484 e. The SMILES string of the molecule is Cc1cccc(OCC(=O)N(Cc2ccccc2Cl)[C@H](C)C(=O)NCC(C)C)c1. The normalized spacial score (nSPS) is 11.8. The molecule has 0 spiro atoms. The van der Waals surface area contributed by atoms with Crippen LogP contribution in [-0.2, 0) is 16.1 Å². The molecule has 0 bridgehead atoms. The second kappa shape index (κ2) is 10.9. The van der Waals surface area contributed by atoms with Gasteiger partial charge in [0.05, 0.1) is 0 Å². The summed E-state index contributed by atoms with van der Waals surface area (Å²) >= 11 is 6.28. The predicted molar refractivity (Wildman–Crippen MR) is 116 cm³/mol. The van der Waals surface area contributed by atoms with Crippen molar-refractivity contribution >= 4 is 23.4 Å². The van der Waals surface area contributed by atoms with E-state index in [4.69, 9.17) is 16.3 Å². The molecule has 0 aliphatic rings. The zero-order valence-corrected chi connectivity index (χ0v) is 18.2. The molecule has 0 radical (unpaired) electrons. The molecular weight excluding hydrogens is 388 g/mol. The molecule has 0 fully saturated rings. The van der Waals surface area contributed by atoms with Crippen LogP contribution >= 0.6 is 11.6 Å². The van der Waals surface area contributed by atoms with Gasteiger partial charge in [0.2, 0.25) is 5.91 Å². The van der Waals surface area contributed by atoms with Gasteiger partial charge in [0.1, 0.15) is 11.8 Å². The first-order valence-corrected chi connectivity index (χ1v) is 10.2. The zero-order valence-electron chi connectivity index (χ0n) is 17.4. The lowest BCUT2D eigenvalue weighted by atomic mass is 10.1. The van der Waals surface area contributed by atoms with Gasteiger partial charge < -0.3 is 15.0 Å². The summed E-state index contributed by atoms with van der Waals surface area (Å²) in [5.74, 6) is 0.463. The Balaban J connectivity index is 2.14. The average Bonchev–Trinajstić information content (AvgIpc) is 2.69. The van der Waals surface area contributed by atoms with E-state index in [0.29, 0.717) is 23.2 Å². The van der Waals surface area contributed by atoms with Gasteiger partial charge in [-0.25, -0.2) is 0 Å². The van der Waals surface area contributed by atoms with Gasteiger partial charge in [-0.15, -0.1) is 0 Å². The molecule has 0 aromatic heterocycles. The molecular formula is C23H29ClN2O3. The van der Waals surface area contributed by atoms with E-state index in [0.717, 1.165) is 11.1 Å². The van der Waals surface area contributed by atoms with E-state index in [-0.39, 0.29) is 25.0 Å². The molecule has 2 aromatic rings. The molecule has 0 saturated carbocycles. The lowest BCUT2D eigenvalue weighted by Gasteiger charge is -2.29. The summed E-state index contributed by atoms with van der Waals surface area (Å²) in [6.45, 7) is 8.34. The molecule has 156 valence electrons. The number of nitrogens with zero attached hydrogens (tertiary/aromatic N) is 1. The number of ether oxygens (including phenoxy) is 1. The number of carbonyl (C=O) groups is 2. The van der Waals surface area contributed by atoms with E-state index in [9.17, 15) is 9.59 Å². The largest absolute Gasteiger partial charge is 0.484 e. The van der Waals surface area contributed by atoms with Gasteiger partial charge >= 0.3 is 0 Å². The molecule has 0 unspecified atom stereocenters. The Morgan fingerprint density at radius 1 is 1.10 bits per heavy atom. The summed E-state index contributed by atoms with van der Waals surface area (Å²) < 4.78 is 5.67. The van der Waals surface area contributed by atoms with Crippen LogP contribution in [0.1, 0.15) is 31.9 Å². The number of halogens is 1. The molecule has 29 heavy (non-hydrogen) atoms. The highest BCUT2D eigenvalue weighted by molar-refractivity contribution is 6.31. The van der Waals surface area contributed by atoms with Crippen LogP contribution in [0.4, 0.5) is 0 Å². The van der Waals surface area contributed by atoms with Gasteiger partial charge in [0.15, 0.2) is 6.61 Å². The third-order valence-electron chi connectivity index (χ3n) is 4.50. The van der Waals surface area contributed by atoms with E-state index in [1.807, 2.05) is 57.2 Å². The highest BCUT2D eigenvalue weighted by Crippen LogP contribution is 2.19. The number of carbonyl (C=O) groups excluding carboxylic acids is 2. The Bertz CT molecular complexity index is 838. The molecule has 0 aliphatic carbocycles. The molecule has 5 nitrogen and oxygen atoms in total. The quantitative estimate of drug-likeness (QED) is 0.665. The number of benzene rings is 2. The zero-order chi connectivity index (χ0) is 21.4. The first kappa shape index (κ1) is 22.8. The molecule has 1 N–H and O–H groups in total. The van der Waals surface area contributed by atoms with E-state index in [2.05, 4.69) is 5.32 Å². The van der Waals surface area contributed by atoms with E-state index in [1.54, 1.807) is 19.1 Å². The summed E-state index contributed by atoms with van der Waals surface area (Å²) in [4.78, 5) is 27.1. The number of hydrogen-bond donors (Lipinski definition) is 1. The topological polar surface area (TPSA) is 58.6 Å². The van der Waals surface area contributed by atoms with Crippen molar-refractivity contribution in [2.75, 3.05) is 13.2 Å². The Labute approximate surface area is 178 Å². The van der Waals surface area contributed by atoms with Crippen LogP contribution in [0.5, 0.6) is 5.75 Å². The van der Waals surface area contributed by atoms with Crippen molar-refractivity contribution < 1.29 is 14.3 Å². The van der Waals surface area contributed by atoms with Gasteiger partial charge in [-0.05, 0) is 49.1 Å². The van der Waals surface area contributed by atoms with Gasteiger partial charge in [-0.2, -0.15) is 0 Å². The lowest BCUT2D eigenvalue weighted by molar-refractivity contribution is -0.142. The molecule has 2 aromatic carbocycles. The maximum Gasteiger partial charge on any atom is 0.261 e. The monoisotopic (exact) mass is 416 g/mol. The van der Waals surface area contributed by atoms with Crippen LogP contribution in [0.2, 0.25) is 5.02 Å². The number of rotatable bonds is 9. The Morgan fingerprint density at radius 2 is 1.83 bits per heavy atom. The summed E-state index contributed by atoms with van der Waals surface area (Å²) in [5.41, 5.74) is 1.82. The predicted octanol–water partition coefficient (Wildman–Crippen LogP) is 4.22. The Morgan fingerprint density at radius 3 is 2.48 bits per heavy atom. The van der Waals surface area contributed by atoms with Gasteiger partial charge in [-0.1, -0.05) is 55.8 Å². The van der Waals surface area contributed by atoms with E-state index in [1.165, 1.54) is 4.90 Å². The second-order valence-corrected chi connectivity index (χ2v) is 7.94. The first-order chi connectivity index (χ1) is 13.8. The van der Waals surface area contributed by atoms with Gasteiger partial charge in [0.25, 0.3) is 5.91 Å². The fraction of sp³-hybridized carbons (Fsp3) is 0.391. The number of aryl methyl sites for hydroxylation is 1. The lowest BCUT2D eigenvalue weighted by Crippen LogP contribution is -2.49. The fourth-order valence-electron chi connectivity index (χ4n) is 2.78. The number of hydrogen-bond acceptors (Lipinski definition) is 3. The first-order valence-electron chi connectivity index (χ1n) is 9.78. The van der Waals surface area contributed by atoms with Crippen LogP contribution in [0.25, 0.3) is 0 Å². The highest BCUT2D eigenvalue weighted by atomic mass is 35.5. The maximum absolute atomic E-state index is 13.0. The Hall–Kier alpha value is -2.53. The van der Waals surface area contributed by atoms with E-state index >= 15 is 0 Å². The fourth-order valence-corrected chi connectivity index (χ4v) is 2.97. The molecule has 0 heterocycles. The molecule has 2 amide bonds. The van der Waals surface area contributed by atoms with Crippen LogP contribution < -0.4 is 10.1 Å². The standard InChI is InChI=1S/C23H29ClN2O3/c1-16(2)13-25-23(28)18(4)26(14-19-9-5-6-11-21(19)24)22(27)15-29-20-10-7-8-17(3)12-20/h5-12,16,18H,13-15H2,1-4H3,(H,25,28)/t18-/m1/s1.